The summed E-state index contributed by atoms with van der Waals surface area (Å²) >= 11 is 1.36. The molecule has 0 N–H and O–H groups in total. The third-order valence-electron chi connectivity index (χ3n) is 4.18. The minimum atomic E-state index is -0.386. The molecule has 2 aromatic rings. The van der Waals surface area contributed by atoms with Crippen molar-refractivity contribution >= 4 is 27.3 Å². The second-order valence-corrected chi connectivity index (χ2v) is 6.59. The van der Waals surface area contributed by atoms with E-state index in [-0.39, 0.29) is 17.0 Å². The molecule has 2 aliphatic heterocycles. The first-order valence-corrected chi connectivity index (χ1v) is 8.56. The van der Waals surface area contributed by atoms with Crippen LogP contribution in [0.5, 0.6) is 0 Å². The van der Waals surface area contributed by atoms with Crippen molar-refractivity contribution in [1.29, 1.82) is 0 Å². The van der Waals surface area contributed by atoms with Crippen LogP contribution in [0.2, 0.25) is 0 Å². The van der Waals surface area contributed by atoms with E-state index in [1.807, 2.05) is 0 Å². The summed E-state index contributed by atoms with van der Waals surface area (Å²) in [6.07, 6.45) is 3.36. The molecular weight excluding hydrogens is 318 g/mol. The fourth-order valence-corrected chi connectivity index (χ4v) is 3.81. The van der Waals surface area contributed by atoms with Crippen LogP contribution >= 0.6 is 11.3 Å². The summed E-state index contributed by atoms with van der Waals surface area (Å²) in [5, 5.41) is 5.10. The Morgan fingerprint density at radius 1 is 1.17 bits per heavy atom. The van der Waals surface area contributed by atoms with E-state index >= 15 is 0 Å². The van der Waals surface area contributed by atoms with Crippen molar-refractivity contribution in [2.45, 2.75) is 12.8 Å². The maximum Gasteiger partial charge on any atom is 0.288 e. The molecule has 0 saturated carbocycles. The number of anilines is 1. The lowest BCUT2D eigenvalue weighted by molar-refractivity contribution is 0.0790. The Morgan fingerprint density at radius 2 is 1.91 bits per heavy atom. The third-order valence-corrected chi connectivity index (χ3v) is 5.16. The highest BCUT2D eigenvalue weighted by atomic mass is 32.1. The van der Waals surface area contributed by atoms with Gasteiger partial charge in [0.25, 0.3) is 11.5 Å². The van der Waals surface area contributed by atoms with Crippen LogP contribution < -0.4 is 10.5 Å². The third kappa shape index (κ3) is 2.59. The number of morpholine rings is 1. The van der Waals surface area contributed by atoms with Crippen molar-refractivity contribution in [3.63, 3.8) is 0 Å². The molecule has 9 heteroatoms. The van der Waals surface area contributed by atoms with Crippen molar-refractivity contribution in [1.82, 2.24) is 19.5 Å². The van der Waals surface area contributed by atoms with Crippen molar-refractivity contribution in [2.24, 2.45) is 0 Å². The van der Waals surface area contributed by atoms with E-state index in [1.54, 1.807) is 4.90 Å². The number of likely N-dealkylation sites (tertiary alicyclic amines) is 1. The van der Waals surface area contributed by atoms with Gasteiger partial charge >= 0.3 is 0 Å². The first-order chi connectivity index (χ1) is 11.2. The van der Waals surface area contributed by atoms with Gasteiger partial charge < -0.3 is 14.5 Å². The van der Waals surface area contributed by atoms with Crippen molar-refractivity contribution in [2.75, 3.05) is 44.3 Å². The van der Waals surface area contributed by atoms with Gasteiger partial charge in [-0.3, -0.25) is 9.59 Å². The summed E-state index contributed by atoms with van der Waals surface area (Å²) in [5.74, 6) is -0.240. The monoisotopic (exact) mass is 335 g/mol. The van der Waals surface area contributed by atoms with Crippen LogP contribution in [0.3, 0.4) is 0 Å². The fourth-order valence-electron chi connectivity index (χ4n) is 2.90. The SMILES string of the molecule is O=C(c1cnc2sc(N3CCOCC3)nn2c1=O)N1CCCC1. The van der Waals surface area contributed by atoms with E-state index in [1.165, 1.54) is 22.0 Å². The molecule has 0 unspecified atom stereocenters. The fraction of sp³-hybridized carbons (Fsp3) is 0.571. The zero-order chi connectivity index (χ0) is 15.8. The van der Waals surface area contributed by atoms with E-state index in [4.69, 9.17) is 4.74 Å². The Labute approximate surface area is 136 Å². The molecule has 0 atom stereocenters. The van der Waals surface area contributed by atoms with Gasteiger partial charge in [-0.1, -0.05) is 11.3 Å². The molecule has 8 nitrogen and oxygen atoms in total. The molecule has 2 aliphatic rings. The summed E-state index contributed by atoms with van der Waals surface area (Å²) in [6.45, 7) is 4.20. The molecule has 0 bridgehead atoms. The van der Waals surface area contributed by atoms with Gasteiger partial charge in [-0.05, 0) is 12.8 Å². The van der Waals surface area contributed by atoms with Gasteiger partial charge in [0.2, 0.25) is 10.1 Å². The van der Waals surface area contributed by atoms with E-state index < -0.39 is 0 Å². The standard InChI is InChI=1S/C14H17N5O3S/c20-11(17-3-1-2-4-17)10-9-15-13-19(12(10)21)16-14(23-13)18-5-7-22-8-6-18/h9H,1-8H2. The average molecular weight is 335 g/mol. The van der Waals surface area contributed by atoms with Gasteiger partial charge in [0, 0.05) is 32.4 Å². The number of carbonyl (C=O) groups is 1. The van der Waals surface area contributed by atoms with Crippen LogP contribution in [0.1, 0.15) is 23.2 Å². The van der Waals surface area contributed by atoms with E-state index in [0.29, 0.717) is 31.3 Å². The number of amides is 1. The molecule has 4 rings (SSSR count). The topological polar surface area (TPSA) is 80.0 Å². The Bertz CT molecular complexity index is 789. The second-order valence-electron chi connectivity index (χ2n) is 5.65. The zero-order valence-corrected chi connectivity index (χ0v) is 13.4. The summed E-state index contributed by atoms with van der Waals surface area (Å²) in [5.41, 5.74) is -0.286. The zero-order valence-electron chi connectivity index (χ0n) is 12.6. The van der Waals surface area contributed by atoms with Crippen LogP contribution in [0.25, 0.3) is 4.96 Å². The number of nitrogens with zero attached hydrogens (tertiary/aromatic N) is 5. The molecule has 23 heavy (non-hydrogen) atoms. The predicted molar refractivity (Wildman–Crippen MR) is 85.3 cm³/mol. The number of ether oxygens (including phenoxy) is 1. The Kier molecular flexibility index (Phi) is 3.74. The minimum Gasteiger partial charge on any atom is -0.378 e. The average Bonchev–Trinajstić information content (AvgIpc) is 3.25. The molecule has 0 radical (unpaired) electrons. The summed E-state index contributed by atoms with van der Waals surface area (Å²) in [6, 6.07) is 0. The minimum absolute atomic E-state index is 0.100. The maximum atomic E-state index is 12.6. The lowest BCUT2D eigenvalue weighted by atomic mass is 10.3. The van der Waals surface area contributed by atoms with Gasteiger partial charge in [-0.15, -0.1) is 5.10 Å². The highest BCUT2D eigenvalue weighted by molar-refractivity contribution is 7.20. The smallest absolute Gasteiger partial charge is 0.288 e. The molecule has 1 amide bonds. The Balaban J connectivity index is 1.70. The molecule has 0 spiro atoms. The van der Waals surface area contributed by atoms with Crippen LogP contribution in [-0.4, -0.2) is 64.8 Å². The van der Waals surface area contributed by atoms with Crippen molar-refractivity contribution < 1.29 is 9.53 Å². The number of hydrogen-bond acceptors (Lipinski definition) is 7. The van der Waals surface area contributed by atoms with Gasteiger partial charge in [-0.2, -0.15) is 4.52 Å². The van der Waals surface area contributed by atoms with Crippen LogP contribution in [-0.2, 0) is 4.74 Å². The molecule has 122 valence electrons. The molecule has 2 fully saturated rings. The lowest BCUT2D eigenvalue weighted by Gasteiger charge is -2.25. The van der Waals surface area contributed by atoms with Crippen LogP contribution in [0.4, 0.5) is 5.13 Å². The van der Waals surface area contributed by atoms with Gasteiger partial charge in [0.15, 0.2) is 0 Å². The molecule has 4 heterocycles. The van der Waals surface area contributed by atoms with Gasteiger partial charge in [-0.25, -0.2) is 4.98 Å². The number of carbonyl (C=O) groups excluding carboxylic acids is 1. The molecule has 0 aliphatic carbocycles. The predicted octanol–water partition coefficient (Wildman–Crippen LogP) is 0.224. The first kappa shape index (κ1) is 14.6. The summed E-state index contributed by atoms with van der Waals surface area (Å²) in [7, 11) is 0. The number of fused-ring (bicyclic) bond motifs is 1. The van der Waals surface area contributed by atoms with Crippen LogP contribution in [0.15, 0.2) is 11.0 Å². The number of rotatable bonds is 2. The lowest BCUT2D eigenvalue weighted by Crippen LogP contribution is -2.36. The van der Waals surface area contributed by atoms with Gasteiger partial charge in [0.1, 0.15) is 5.56 Å². The first-order valence-electron chi connectivity index (χ1n) is 7.75. The highest BCUT2D eigenvalue weighted by Gasteiger charge is 2.24. The summed E-state index contributed by atoms with van der Waals surface area (Å²) < 4.78 is 6.58. The van der Waals surface area contributed by atoms with Crippen molar-refractivity contribution in [3.05, 3.63) is 22.1 Å². The molecule has 2 saturated heterocycles. The summed E-state index contributed by atoms with van der Waals surface area (Å²) in [4.78, 5) is 33.6. The van der Waals surface area contributed by atoms with E-state index in [9.17, 15) is 9.59 Å². The highest BCUT2D eigenvalue weighted by Crippen LogP contribution is 2.22. The molecular formula is C14H17N5O3S. The Morgan fingerprint density at radius 3 is 2.65 bits per heavy atom. The van der Waals surface area contributed by atoms with E-state index in [0.717, 1.165) is 31.1 Å². The van der Waals surface area contributed by atoms with Crippen LogP contribution in [0, 0.1) is 0 Å². The van der Waals surface area contributed by atoms with Crippen molar-refractivity contribution in [3.8, 4) is 0 Å². The normalized spacial score (nSPS) is 18.8. The number of hydrogen-bond donors (Lipinski definition) is 0. The number of aromatic nitrogens is 3. The van der Waals surface area contributed by atoms with Gasteiger partial charge in [0.05, 0.1) is 13.2 Å². The quantitative estimate of drug-likeness (QED) is 0.781. The largest absolute Gasteiger partial charge is 0.378 e. The molecule has 0 aromatic carbocycles. The maximum absolute atomic E-state index is 12.6. The van der Waals surface area contributed by atoms with E-state index in [2.05, 4.69) is 15.0 Å². The second kappa shape index (κ2) is 5.89. The Hall–Kier alpha value is -2.00. The molecule has 2 aromatic heterocycles.